The Labute approximate surface area is 250 Å². The fourth-order valence-corrected chi connectivity index (χ4v) is 7.40. The number of anilines is 2. The van der Waals surface area contributed by atoms with Crippen molar-refractivity contribution in [2.45, 2.75) is 37.9 Å². The second kappa shape index (κ2) is 12.4. The lowest BCUT2D eigenvalue weighted by Crippen LogP contribution is -2.36. The molecule has 2 heterocycles. The number of hydrogen-bond acceptors (Lipinski definition) is 8. The van der Waals surface area contributed by atoms with Crippen LogP contribution in [0.1, 0.15) is 28.7 Å². The summed E-state index contributed by atoms with van der Waals surface area (Å²) in [6.07, 6.45) is 2.37. The molecule has 0 spiro atoms. The Morgan fingerprint density at radius 3 is 2.51 bits per heavy atom. The van der Waals surface area contributed by atoms with Crippen LogP contribution in [0, 0.1) is 18.6 Å². The Morgan fingerprint density at radius 1 is 1.12 bits per heavy atom. The van der Waals surface area contributed by atoms with Gasteiger partial charge in [-0.25, -0.2) is 26.5 Å². The Bertz CT molecular complexity index is 1650. The molecule has 1 aliphatic heterocycles. The summed E-state index contributed by atoms with van der Waals surface area (Å²) in [5.41, 5.74) is 3.56. The number of aromatic nitrogens is 2. The van der Waals surface area contributed by atoms with E-state index >= 15 is 8.78 Å². The number of hydrogen-bond donors (Lipinski definition) is 1. The standard InChI is InChI=1S/C28H28BrF2N5O3S2/c1-18-12-22(39-2)9-8-20(18)16-36(28-33-17-34-40-28)41(37,38)27-23(30)13-24(25(29)26(27)31)32-14-19-6-3-4-7-21(19)15-35-10-5-11-35/h3-4,6-9,12-13,17,32H,5,10-11,14-16H2,1-2H3. The van der Waals surface area contributed by atoms with Crippen molar-refractivity contribution >= 4 is 48.3 Å². The topological polar surface area (TPSA) is 87.7 Å². The van der Waals surface area contributed by atoms with Gasteiger partial charge >= 0.3 is 0 Å². The predicted molar refractivity (Wildman–Crippen MR) is 159 cm³/mol. The van der Waals surface area contributed by atoms with Crippen LogP contribution in [0.4, 0.5) is 19.6 Å². The third kappa shape index (κ3) is 6.22. The number of nitrogens with one attached hydrogen (secondary N) is 1. The summed E-state index contributed by atoms with van der Waals surface area (Å²) < 4.78 is 68.9. The highest BCUT2D eigenvalue weighted by Crippen LogP contribution is 2.37. The second-order valence-corrected chi connectivity index (χ2v) is 13.0. The zero-order valence-electron chi connectivity index (χ0n) is 22.4. The van der Waals surface area contributed by atoms with Gasteiger partial charge in [0.1, 0.15) is 17.9 Å². The summed E-state index contributed by atoms with van der Waals surface area (Å²) in [5, 5.41) is 3.05. The molecule has 1 aliphatic rings. The van der Waals surface area contributed by atoms with Crippen LogP contribution in [-0.2, 0) is 29.7 Å². The average molecular weight is 665 g/mol. The first kappa shape index (κ1) is 29.4. The van der Waals surface area contributed by atoms with E-state index in [4.69, 9.17) is 4.74 Å². The molecule has 13 heteroatoms. The minimum atomic E-state index is -4.74. The van der Waals surface area contributed by atoms with E-state index in [1.807, 2.05) is 24.3 Å². The van der Waals surface area contributed by atoms with Gasteiger partial charge in [0, 0.05) is 24.6 Å². The van der Waals surface area contributed by atoms with E-state index in [9.17, 15) is 8.42 Å². The zero-order chi connectivity index (χ0) is 29.1. The summed E-state index contributed by atoms with van der Waals surface area (Å²) in [5.74, 6) is -1.85. The third-order valence-electron chi connectivity index (χ3n) is 7.02. The van der Waals surface area contributed by atoms with Crippen molar-refractivity contribution in [2.24, 2.45) is 0 Å². The fraction of sp³-hybridized carbons (Fsp3) is 0.286. The van der Waals surface area contributed by atoms with Gasteiger partial charge in [-0.2, -0.15) is 4.37 Å². The largest absolute Gasteiger partial charge is 0.497 e. The number of sulfonamides is 1. The molecule has 216 valence electrons. The summed E-state index contributed by atoms with van der Waals surface area (Å²) in [6.45, 7) is 4.78. The molecule has 4 aromatic rings. The molecule has 0 amide bonds. The van der Waals surface area contributed by atoms with Crippen molar-refractivity contribution in [3.8, 4) is 5.75 Å². The van der Waals surface area contributed by atoms with Crippen LogP contribution >= 0.6 is 27.5 Å². The highest BCUT2D eigenvalue weighted by atomic mass is 79.9. The molecule has 41 heavy (non-hydrogen) atoms. The van der Waals surface area contributed by atoms with Crippen LogP contribution in [0.15, 0.2) is 64.2 Å². The molecule has 8 nitrogen and oxygen atoms in total. The van der Waals surface area contributed by atoms with Crippen LogP contribution in [0.5, 0.6) is 5.75 Å². The van der Waals surface area contributed by atoms with Gasteiger partial charge in [-0.3, -0.25) is 4.90 Å². The third-order valence-corrected chi connectivity index (χ3v) is 10.4. The molecule has 0 unspecified atom stereocenters. The van der Waals surface area contributed by atoms with E-state index < -0.39 is 26.6 Å². The van der Waals surface area contributed by atoms with Crippen LogP contribution < -0.4 is 14.4 Å². The van der Waals surface area contributed by atoms with Crippen molar-refractivity contribution in [1.82, 2.24) is 14.3 Å². The smallest absolute Gasteiger partial charge is 0.272 e. The summed E-state index contributed by atoms with van der Waals surface area (Å²) in [7, 11) is -3.21. The van der Waals surface area contributed by atoms with Crippen molar-refractivity contribution in [1.29, 1.82) is 0 Å². The molecule has 1 N–H and O–H groups in total. The van der Waals surface area contributed by atoms with Gasteiger partial charge < -0.3 is 10.1 Å². The number of ether oxygens (including phenoxy) is 1. The minimum Gasteiger partial charge on any atom is -0.497 e. The number of likely N-dealkylation sites (tertiary alicyclic amines) is 1. The van der Waals surface area contributed by atoms with Gasteiger partial charge in [-0.15, -0.1) is 0 Å². The van der Waals surface area contributed by atoms with Crippen molar-refractivity contribution in [2.75, 3.05) is 29.8 Å². The average Bonchev–Trinajstić information content (AvgIpc) is 3.46. The van der Waals surface area contributed by atoms with Crippen LogP contribution in [0.3, 0.4) is 0 Å². The number of nitrogens with zero attached hydrogens (tertiary/aromatic N) is 4. The number of benzene rings is 3. The monoisotopic (exact) mass is 663 g/mol. The zero-order valence-corrected chi connectivity index (χ0v) is 25.6. The molecule has 0 radical (unpaired) electrons. The van der Waals surface area contributed by atoms with Crippen LogP contribution in [0.2, 0.25) is 0 Å². The minimum absolute atomic E-state index is 0.0175. The maximum absolute atomic E-state index is 15.8. The molecule has 0 atom stereocenters. The lowest BCUT2D eigenvalue weighted by Gasteiger charge is -2.31. The van der Waals surface area contributed by atoms with Gasteiger partial charge in [-0.05, 0) is 82.8 Å². The number of halogens is 3. The SMILES string of the molecule is COc1ccc(CN(c2ncns2)S(=O)(=O)c2c(F)cc(NCc3ccccc3CN3CCC3)c(Br)c2F)c(C)c1. The van der Waals surface area contributed by atoms with E-state index in [-0.39, 0.29) is 21.8 Å². The lowest BCUT2D eigenvalue weighted by molar-refractivity contribution is 0.172. The van der Waals surface area contributed by atoms with E-state index in [0.717, 1.165) is 58.2 Å². The normalized spacial score (nSPS) is 13.6. The summed E-state index contributed by atoms with van der Waals surface area (Å²) in [4.78, 5) is 5.28. The first-order valence-corrected chi connectivity index (χ1v) is 15.8. The van der Waals surface area contributed by atoms with Crippen LogP contribution in [-0.4, -0.2) is 42.9 Å². The lowest BCUT2D eigenvalue weighted by atomic mass is 10.1. The Morgan fingerprint density at radius 2 is 1.88 bits per heavy atom. The van der Waals surface area contributed by atoms with E-state index in [0.29, 0.717) is 17.9 Å². The quantitative estimate of drug-likeness (QED) is 0.194. The molecule has 0 saturated carbocycles. The van der Waals surface area contributed by atoms with Gasteiger partial charge in [0.05, 0.1) is 23.8 Å². The molecule has 1 saturated heterocycles. The fourth-order valence-electron chi connectivity index (χ4n) is 4.57. The Kier molecular flexibility index (Phi) is 8.88. The molecular formula is C28H28BrF2N5O3S2. The van der Waals surface area contributed by atoms with Gasteiger partial charge in [-0.1, -0.05) is 30.3 Å². The number of rotatable bonds is 11. The number of aryl methyl sites for hydroxylation is 1. The second-order valence-electron chi connectivity index (χ2n) is 9.64. The Hall–Kier alpha value is -3.13. The first-order valence-electron chi connectivity index (χ1n) is 12.8. The molecule has 3 aromatic carbocycles. The first-order chi connectivity index (χ1) is 19.7. The van der Waals surface area contributed by atoms with Crippen molar-refractivity contribution < 1.29 is 21.9 Å². The van der Waals surface area contributed by atoms with E-state index in [2.05, 4.69) is 35.5 Å². The van der Waals surface area contributed by atoms with E-state index in [1.165, 1.54) is 19.9 Å². The molecule has 1 fully saturated rings. The highest BCUT2D eigenvalue weighted by molar-refractivity contribution is 9.10. The number of methoxy groups -OCH3 is 1. The molecule has 1 aromatic heterocycles. The van der Waals surface area contributed by atoms with Crippen molar-refractivity contribution in [3.05, 3.63) is 93.2 Å². The molecular weight excluding hydrogens is 636 g/mol. The molecule has 0 bridgehead atoms. The highest BCUT2D eigenvalue weighted by Gasteiger charge is 2.35. The summed E-state index contributed by atoms with van der Waals surface area (Å²) >= 11 is 3.98. The van der Waals surface area contributed by atoms with Gasteiger partial charge in [0.15, 0.2) is 10.7 Å². The maximum atomic E-state index is 15.8. The Balaban J connectivity index is 1.45. The van der Waals surface area contributed by atoms with Crippen molar-refractivity contribution in [3.63, 3.8) is 0 Å². The maximum Gasteiger partial charge on any atom is 0.272 e. The van der Waals surface area contributed by atoms with Gasteiger partial charge in [0.2, 0.25) is 5.13 Å². The molecule has 5 rings (SSSR count). The van der Waals surface area contributed by atoms with Gasteiger partial charge in [0.25, 0.3) is 10.0 Å². The predicted octanol–water partition coefficient (Wildman–Crippen LogP) is 6.11. The molecule has 0 aliphatic carbocycles. The summed E-state index contributed by atoms with van der Waals surface area (Å²) in [6, 6.07) is 14.0. The van der Waals surface area contributed by atoms with Crippen LogP contribution in [0.25, 0.3) is 0 Å². The van der Waals surface area contributed by atoms with E-state index in [1.54, 1.807) is 25.1 Å².